The van der Waals surface area contributed by atoms with Crippen LogP contribution in [0.1, 0.15) is 11.8 Å². The molecule has 25 heavy (non-hydrogen) atoms. The van der Waals surface area contributed by atoms with Crippen LogP contribution in [0.25, 0.3) is 0 Å². The van der Waals surface area contributed by atoms with Gasteiger partial charge in [-0.15, -0.1) is 11.3 Å². The van der Waals surface area contributed by atoms with Gasteiger partial charge in [0.05, 0.1) is 34.8 Å². The molecule has 0 bridgehead atoms. The summed E-state index contributed by atoms with van der Waals surface area (Å²) in [7, 11) is 2.96. The van der Waals surface area contributed by atoms with Crippen molar-refractivity contribution in [2.45, 2.75) is 6.92 Å². The number of carbonyl (C=O) groups excluding carboxylic acids is 2. The summed E-state index contributed by atoms with van der Waals surface area (Å²) in [6.07, 6.45) is 0. The van der Waals surface area contributed by atoms with Gasteiger partial charge in [0.15, 0.2) is 0 Å². The molecule has 0 atom stereocenters. The minimum atomic E-state index is -0.903. The highest BCUT2D eigenvalue weighted by Gasteiger charge is 2.16. The van der Waals surface area contributed by atoms with Crippen molar-refractivity contribution in [3.05, 3.63) is 39.5 Å². The highest BCUT2D eigenvalue weighted by Crippen LogP contribution is 2.28. The molecule has 0 saturated heterocycles. The Bertz CT molecular complexity index is 819. The zero-order chi connectivity index (χ0) is 18.4. The van der Waals surface area contributed by atoms with Crippen LogP contribution in [0.3, 0.4) is 0 Å². The largest absolute Gasteiger partial charge is 0.497 e. The zero-order valence-electron chi connectivity index (χ0n) is 13.8. The Labute approximate surface area is 153 Å². The van der Waals surface area contributed by atoms with E-state index in [4.69, 9.17) is 21.1 Å². The Hall–Kier alpha value is -2.58. The van der Waals surface area contributed by atoms with E-state index in [1.165, 1.54) is 25.6 Å². The fraction of sp³-hybridized carbons (Fsp3) is 0.188. The Morgan fingerprint density at radius 2 is 1.88 bits per heavy atom. The van der Waals surface area contributed by atoms with E-state index in [1.54, 1.807) is 37.3 Å². The first-order valence-corrected chi connectivity index (χ1v) is 8.27. The van der Waals surface area contributed by atoms with Gasteiger partial charge in [0.25, 0.3) is 0 Å². The summed E-state index contributed by atoms with van der Waals surface area (Å²) < 4.78 is 10.8. The first kappa shape index (κ1) is 18.8. The van der Waals surface area contributed by atoms with Crippen LogP contribution in [-0.4, -0.2) is 31.7 Å². The molecule has 132 valence electrons. The van der Waals surface area contributed by atoms with Gasteiger partial charge in [-0.1, -0.05) is 11.6 Å². The summed E-state index contributed by atoms with van der Waals surface area (Å²) in [5.41, 5.74) is 3.09. The third-order valence-electron chi connectivity index (χ3n) is 3.12. The highest BCUT2D eigenvalue weighted by atomic mass is 35.5. The quantitative estimate of drug-likeness (QED) is 0.473. The number of hydrogen-bond acceptors (Lipinski definition) is 6. The van der Waals surface area contributed by atoms with Crippen molar-refractivity contribution >= 4 is 46.2 Å². The second-order valence-electron chi connectivity index (χ2n) is 4.76. The molecule has 1 aromatic carbocycles. The van der Waals surface area contributed by atoms with E-state index in [-0.39, 0.29) is 0 Å². The van der Waals surface area contributed by atoms with E-state index >= 15 is 0 Å². The number of anilines is 1. The minimum absolute atomic E-state index is 0.342. The van der Waals surface area contributed by atoms with E-state index in [1.807, 2.05) is 0 Å². The second kappa shape index (κ2) is 8.50. The van der Waals surface area contributed by atoms with Crippen molar-refractivity contribution in [3.63, 3.8) is 0 Å². The smallest absolute Gasteiger partial charge is 0.329 e. The lowest BCUT2D eigenvalue weighted by Gasteiger charge is -2.11. The highest BCUT2D eigenvalue weighted by molar-refractivity contribution is 7.18. The van der Waals surface area contributed by atoms with Crippen molar-refractivity contribution in [2.75, 3.05) is 19.5 Å². The second-order valence-corrected chi connectivity index (χ2v) is 6.48. The lowest BCUT2D eigenvalue weighted by molar-refractivity contribution is -0.136. The van der Waals surface area contributed by atoms with Crippen molar-refractivity contribution in [1.82, 2.24) is 5.43 Å². The summed E-state index contributed by atoms with van der Waals surface area (Å²) >= 11 is 7.17. The maximum Gasteiger partial charge on any atom is 0.329 e. The van der Waals surface area contributed by atoms with E-state index in [2.05, 4.69) is 15.8 Å². The molecule has 2 aromatic rings. The number of benzene rings is 1. The van der Waals surface area contributed by atoms with Gasteiger partial charge >= 0.3 is 11.8 Å². The number of amides is 2. The number of rotatable bonds is 5. The predicted molar refractivity (Wildman–Crippen MR) is 97.9 cm³/mol. The Morgan fingerprint density at radius 1 is 1.12 bits per heavy atom. The zero-order valence-corrected chi connectivity index (χ0v) is 15.3. The molecule has 7 nitrogen and oxygen atoms in total. The van der Waals surface area contributed by atoms with Crippen molar-refractivity contribution in [1.29, 1.82) is 0 Å². The normalized spacial score (nSPS) is 11.0. The summed E-state index contributed by atoms with van der Waals surface area (Å²) in [5.74, 6) is -0.841. The van der Waals surface area contributed by atoms with Gasteiger partial charge in [0, 0.05) is 6.07 Å². The molecule has 0 aliphatic heterocycles. The van der Waals surface area contributed by atoms with Crippen LogP contribution in [0.4, 0.5) is 5.69 Å². The van der Waals surface area contributed by atoms with Crippen LogP contribution in [0.5, 0.6) is 11.5 Å². The number of thiophene rings is 1. The van der Waals surface area contributed by atoms with Gasteiger partial charge < -0.3 is 14.8 Å². The Kier molecular flexibility index (Phi) is 6.37. The van der Waals surface area contributed by atoms with Gasteiger partial charge in [-0.25, -0.2) is 5.43 Å². The van der Waals surface area contributed by atoms with Crippen LogP contribution in [-0.2, 0) is 9.59 Å². The molecule has 0 aliphatic rings. The van der Waals surface area contributed by atoms with Gasteiger partial charge in [-0.3, -0.25) is 9.59 Å². The molecular weight excluding hydrogens is 366 g/mol. The van der Waals surface area contributed by atoms with Crippen LogP contribution in [0.15, 0.2) is 35.4 Å². The van der Waals surface area contributed by atoms with Crippen LogP contribution >= 0.6 is 22.9 Å². The molecule has 0 fully saturated rings. The first-order valence-electron chi connectivity index (χ1n) is 7.08. The third kappa shape index (κ3) is 4.94. The van der Waals surface area contributed by atoms with Crippen LogP contribution < -0.4 is 20.2 Å². The Morgan fingerprint density at radius 3 is 2.48 bits per heavy atom. The number of halogens is 1. The summed E-state index contributed by atoms with van der Waals surface area (Å²) in [6, 6.07) is 8.31. The van der Waals surface area contributed by atoms with Crippen LogP contribution in [0.2, 0.25) is 4.34 Å². The van der Waals surface area contributed by atoms with Crippen molar-refractivity contribution < 1.29 is 19.1 Å². The van der Waals surface area contributed by atoms with Gasteiger partial charge in [0.1, 0.15) is 11.5 Å². The summed E-state index contributed by atoms with van der Waals surface area (Å²) in [5, 5.41) is 6.36. The van der Waals surface area contributed by atoms with Gasteiger partial charge in [-0.2, -0.15) is 5.10 Å². The van der Waals surface area contributed by atoms with E-state index in [0.717, 1.165) is 4.88 Å². The topological polar surface area (TPSA) is 89.0 Å². The van der Waals surface area contributed by atoms with Crippen molar-refractivity contribution in [2.24, 2.45) is 5.10 Å². The molecule has 2 N–H and O–H groups in total. The van der Waals surface area contributed by atoms with E-state index < -0.39 is 11.8 Å². The number of methoxy groups -OCH3 is 2. The monoisotopic (exact) mass is 381 g/mol. The first-order chi connectivity index (χ1) is 11.9. The molecule has 0 aliphatic carbocycles. The number of nitrogens with one attached hydrogen (secondary N) is 2. The van der Waals surface area contributed by atoms with Crippen LogP contribution in [0, 0.1) is 0 Å². The number of nitrogens with zero attached hydrogens (tertiary/aromatic N) is 1. The van der Waals surface area contributed by atoms with Gasteiger partial charge in [-0.05, 0) is 31.2 Å². The molecule has 1 heterocycles. The maximum absolute atomic E-state index is 12.0. The fourth-order valence-corrected chi connectivity index (χ4v) is 2.82. The molecule has 0 saturated carbocycles. The van der Waals surface area contributed by atoms with E-state index in [9.17, 15) is 9.59 Å². The average molecular weight is 382 g/mol. The molecule has 0 spiro atoms. The standard InChI is InChI=1S/C16H16ClN3O4S/c1-9(13-6-7-14(17)25-13)19-20-16(22)15(21)18-11-5-4-10(23-2)8-12(11)24-3/h4-8H,1-3H3,(H,18,21)(H,20,22). The molecule has 2 rings (SSSR count). The summed E-state index contributed by atoms with van der Waals surface area (Å²) in [4.78, 5) is 24.7. The summed E-state index contributed by atoms with van der Waals surface area (Å²) in [6.45, 7) is 1.70. The maximum atomic E-state index is 12.0. The number of carbonyl (C=O) groups is 2. The number of hydrazone groups is 1. The number of ether oxygens (including phenoxy) is 2. The molecule has 9 heteroatoms. The Balaban J connectivity index is 2.02. The minimum Gasteiger partial charge on any atom is -0.497 e. The third-order valence-corrected chi connectivity index (χ3v) is 4.46. The SMILES string of the molecule is COc1ccc(NC(=O)C(=O)NN=C(C)c2ccc(Cl)s2)c(OC)c1. The predicted octanol–water partition coefficient (Wildman–Crippen LogP) is 2.90. The lowest BCUT2D eigenvalue weighted by Crippen LogP contribution is -2.33. The molecular formula is C16H16ClN3O4S. The molecule has 0 unspecified atom stereocenters. The lowest BCUT2D eigenvalue weighted by atomic mass is 10.2. The number of hydrogen-bond donors (Lipinski definition) is 2. The molecule has 1 aromatic heterocycles. The molecule has 0 radical (unpaired) electrons. The van der Waals surface area contributed by atoms with Gasteiger partial charge in [0.2, 0.25) is 0 Å². The average Bonchev–Trinajstić information content (AvgIpc) is 3.06. The van der Waals surface area contributed by atoms with Crippen molar-refractivity contribution in [3.8, 4) is 11.5 Å². The van der Waals surface area contributed by atoms with E-state index in [0.29, 0.717) is 27.2 Å². The molecule has 2 amide bonds. The fourth-order valence-electron chi connectivity index (χ4n) is 1.83.